The normalized spacial score (nSPS) is 13.0. The number of hydrogen-bond acceptors (Lipinski definition) is 3. The molecule has 1 unspecified atom stereocenters. The van der Waals surface area contributed by atoms with Crippen molar-refractivity contribution in [2.45, 2.75) is 25.3 Å². The minimum Gasteiger partial charge on any atom is -0.467 e. The van der Waals surface area contributed by atoms with Crippen LogP contribution in [-0.2, 0) is 10.2 Å². The van der Waals surface area contributed by atoms with Gasteiger partial charge in [0.1, 0.15) is 11.8 Å². The summed E-state index contributed by atoms with van der Waals surface area (Å²) in [6.45, 7) is 3.39. The molecule has 1 aromatic heterocycles. The highest BCUT2D eigenvalue weighted by Gasteiger charge is 2.32. The average Bonchev–Trinajstić information content (AvgIpc) is 2.98. The molecular formula is C16H18ClNO3. The van der Waals surface area contributed by atoms with Gasteiger partial charge in [0.2, 0.25) is 5.91 Å². The van der Waals surface area contributed by atoms with Crippen LogP contribution in [0.3, 0.4) is 0 Å². The summed E-state index contributed by atoms with van der Waals surface area (Å²) in [5.74, 6) is 0.313. The number of furan rings is 1. The van der Waals surface area contributed by atoms with Gasteiger partial charge in [-0.15, -0.1) is 0 Å². The van der Waals surface area contributed by atoms with Crippen molar-refractivity contribution in [1.29, 1.82) is 0 Å². The van der Waals surface area contributed by atoms with Crippen molar-refractivity contribution in [2.75, 3.05) is 6.61 Å². The summed E-state index contributed by atoms with van der Waals surface area (Å²) < 4.78 is 5.23. The fraction of sp³-hybridized carbons (Fsp3) is 0.312. The van der Waals surface area contributed by atoms with Crippen LogP contribution >= 0.6 is 11.6 Å². The standard InChI is InChI=1S/C16H18ClNO3/c1-16(2,11-5-3-6-12(17)9-11)15(20)18-13(10-19)14-7-4-8-21-14/h3-9,13,19H,10H2,1-2H3,(H,18,20). The van der Waals surface area contributed by atoms with Crippen molar-refractivity contribution >= 4 is 17.5 Å². The molecule has 0 aliphatic heterocycles. The lowest BCUT2D eigenvalue weighted by molar-refractivity contribution is -0.126. The molecule has 0 radical (unpaired) electrons. The summed E-state index contributed by atoms with van der Waals surface area (Å²) >= 11 is 5.98. The summed E-state index contributed by atoms with van der Waals surface area (Å²) in [7, 11) is 0. The van der Waals surface area contributed by atoms with E-state index in [2.05, 4.69) is 5.32 Å². The number of aliphatic hydroxyl groups excluding tert-OH is 1. The molecule has 0 fully saturated rings. The van der Waals surface area contributed by atoms with Crippen molar-refractivity contribution in [3.8, 4) is 0 Å². The zero-order valence-corrected chi connectivity index (χ0v) is 12.7. The number of hydrogen-bond donors (Lipinski definition) is 2. The SMILES string of the molecule is CC(C)(C(=O)NC(CO)c1ccco1)c1cccc(Cl)c1. The number of carbonyl (C=O) groups excluding carboxylic acids is 1. The van der Waals surface area contributed by atoms with Gasteiger partial charge in [-0.25, -0.2) is 0 Å². The Morgan fingerprint density at radius 3 is 2.71 bits per heavy atom. The summed E-state index contributed by atoms with van der Waals surface area (Å²) in [5, 5.41) is 12.8. The lowest BCUT2D eigenvalue weighted by atomic mass is 9.83. The van der Waals surface area contributed by atoms with Crippen LogP contribution in [0.5, 0.6) is 0 Å². The molecule has 4 nitrogen and oxygen atoms in total. The zero-order chi connectivity index (χ0) is 15.5. The lowest BCUT2D eigenvalue weighted by Crippen LogP contribution is -2.42. The Morgan fingerprint density at radius 2 is 2.14 bits per heavy atom. The number of aliphatic hydroxyl groups is 1. The minimum atomic E-state index is -0.773. The number of carbonyl (C=O) groups is 1. The number of amides is 1. The van der Waals surface area contributed by atoms with Gasteiger partial charge in [0.25, 0.3) is 0 Å². The third-order valence-corrected chi connectivity index (χ3v) is 3.72. The second-order valence-corrected chi connectivity index (χ2v) is 5.80. The van der Waals surface area contributed by atoms with Crippen LogP contribution in [0.1, 0.15) is 31.2 Å². The van der Waals surface area contributed by atoms with Crippen LogP contribution in [0.2, 0.25) is 5.02 Å². The smallest absolute Gasteiger partial charge is 0.230 e. The van der Waals surface area contributed by atoms with Gasteiger partial charge in [-0.1, -0.05) is 23.7 Å². The van der Waals surface area contributed by atoms with E-state index in [1.165, 1.54) is 6.26 Å². The van der Waals surface area contributed by atoms with Crippen LogP contribution in [0.4, 0.5) is 0 Å². The van der Waals surface area contributed by atoms with Crippen LogP contribution in [0, 0.1) is 0 Å². The Balaban J connectivity index is 2.18. The molecule has 2 aromatic rings. The van der Waals surface area contributed by atoms with Crippen molar-refractivity contribution in [3.05, 3.63) is 59.0 Å². The van der Waals surface area contributed by atoms with Gasteiger partial charge in [0, 0.05) is 5.02 Å². The number of benzene rings is 1. The monoisotopic (exact) mass is 307 g/mol. The maximum absolute atomic E-state index is 12.5. The minimum absolute atomic E-state index is 0.208. The first kappa shape index (κ1) is 15.6. The van der Waals surface area contributed by atoms with Gasteiger partial charge in [-0.05, 0) is 43.7 Å². The summed E-state index contributed by atoms with van der Waals surface area (Å²) in [6, 6.07) is 10.1. The van der Waals surface area contributed by atoms with E-state index in [1.807, 2.05) is 26.0 Å². The lowest BCUT2D eigenvalue weighted by Gasteiger charge is -2.26. The van der Waals surface area contributed by atoms with Crippen LogP contribution in [0.25, 0.3) is 0 Å². The molecule has 1 amide bonds. The third kappa shape index (κ3) is 3.46. The molecule has 112 valence electrons. The summed E-state index contributed by atoms with van der Waals surface area (Å²) in [5.41, 5.74) is 0.0360. The van der Waals surface area contributed by atoms with Gasteiger partial charge in [0.05, 0.1) is 18.3 Å². The van der Waals surface area contributed by atoms with Crippen molar-refractivity contribution in [2.24, 2.45) is 0 Å². The third-order valence-electron chi connectivity index (χ3n) is 3.49. The molecule has 2 rings (SSSR count). The predicted molar refractivity (Wildman–Crippen MR) is 81.2 cm³/mol. The van der Waals surface area contributed by atoms with Crippen LogP contribution in [-0.4, -0.2) is 17.6 Å². The topological polar surface area (TPSA) is 62.5 Å². The largest absolute Gasteiger partial charge is 0.467 e. The van der Waals surface area contributed by atoms with Crippen LogP contribution in [0.15, 0.2) is 47.1 Å². The van der Waals surface area contributed by atoms with E-state index < -0.39 is 11.5 Å². The molecule has 1 aromatic carbocycles. The summed E-state index contributed by atoms with van der Waals surface area (Å²) in [4.78, 5) is 12.5. The Morgan fingerprint density at radius 1 is 1.38 bits per heavy atom. The molecule has 0 bridgehead atoms. The van der Waals surface area contributed by atoms with E-state index in [4.69, 9.17) is 16.0 Å². The van der Waals surface area contributed by atoms with E-state index in [-0.39, 0.29) is 12.5 Å². The predicted octanol–water partition coefficient (Wildman–Crippen LogP) is 3.06. The molecule has 1 atom stereocenters. The number of nitrogens with one attached hydrogen (secondary N) is 1. The Labute approximate surface area is 128 Å². The highest BCUT2D eigenvalue weighted by molar-refractivity contribution is 6.30. The molecule has 21 heavy (non-hydrogen) atoms. The Kier molecular flexibility index (Phi) is 4.70. The number of rotatable bonds is 5. The van der Waals surface area contributed by atoms with Crippen LogP contribution < -0.4 is 5.32 Å². The molecule has 0 saturated carbocycles. The molecule has 0 aliphatic rings. The molecular weight excluding hydrogens is 290 g/mol. The Bertz CT molecular complexity index is 608. The van der Waals surface area contributed by atoms with Crippen molar-refractivity contribution in [1.82, 2.24) is 5.32 Å². The van der Waals surface area contributed by atoms with E-state index in [0.29, 0.717) is 10.8 Å². The second kappa shape index (κ2) is 6.33. The fourth-order valence-corrected chi connectivity index (χ4v) is 2.23. The number of halogens is 1. The molecule has 1 heterocycles. The van der Waals surface area contributed by atoms with Crippen molar-refractivity contribution < 1.29 is 14.3 Å². The van der Waals surface area contributed by atoms with Gasteiger partial charge in [-0.3, -0.25) is 4.79 Å². The Hall–Kier alpha value is -1.78. The first-order chi connectivity index (χ1) is 9.95. The highest BCUT2D eigenvalue weighted by Crippen LogP contribution is 2.27. The van der Waals surface area contributed by atoms with Gasteiger partial charge in [0.15, 0.2) is 0 Å². The molecule has 2 N–H and O–H groups in total. The molecule has 0 spiro atoms. The molecule has 0 saturated heterocycles. The second-order valence-electron chi connectivity index (χ2n) is 5.36. The average molecular weight is 308 g/mol. The first-order valence-electron chi connectivity index (χ1n) is 6.66. The van der Waals surface area contributed by atoms with E-state index in [1.54, 1.807) is 24.3 Å². The van der Waals surface area contributed by atoms with Crippen molar-refractivity contribution in [3.63, 3.8) is 0 Å². The molecule has 5 heteroatoms. The fourth-order valence-electron chi connectivity index (χ4n) is 2.04. The van der Waals surface area contributed by atoms with E-state index >= 15 is 0 Å². The quantitative estimate of drug-likeness (QED) is 0.892. The first-order valence-corrected chi connectivity index (χ1v) is 7.04. The maximum atomic E-state index is 12.5. The summed E-state index contributed by atoms with van der Waals surface area (Å²) in [6.07, 6.45) is 1.51. The highest BCUT2D eigenvalue weighted by atomic mass is 35.5. The molecule has 0 aliphatic carbocycles. The van der Waals surface area contributed by atoms with Gasteiger partial charge >= 0.3 is 0 Å². The van der Waals surface area contributed by atoms with E-state index in [0.717, 1.165) is 5.56 Å². The van der Waals surface area contributed by atoms with Gasteiger partial charge in [-0.2, -0.15) is 0 Å². The zero-order valence-electron chi connectivity index (χ0n) is 12.0. The van der Waals surface area contributed by atoms with Gasteiger partial charge < -0.3 is 14.8 Å². The van der Waals surface area contributed by atoms with E-state index in [9.17, 15) is 9.90 Å². The maximum Gasteiger partial charge on any atom is 0.230 e.